The molecule has 56 nitrogen and oxygen atoms in total. The van der Waals surface area contributed by atoms with Crippen LogP contribution in [0.2, 0.25) is 0 Å². The van der Waals surface area contributed by atoms with Crippen LogP contribution in [0.1, 0.15) is 0 Å². The van der Waals surface area contributed by atoms with E-state index in [2.05, 4.69) is 0 Å². The molecular weight excluding hydrogens is 1950 g/mol. The van der Waals surface area contributed by atoms with Crippen LogP contribution in [-0.2, 0) is 235 Å². The van der Waals surface area contributed by atoms with Crippen molar-refractivity contribution >= 4 is 72.8 Å². The van der Waals surface area contributed by atoms with E-state index in [-0.39, 0.29) is 207 Å². The Balaban J connectivity index is 0.0000113. The zero-order chi connectivity index (χ0) is 88.4. The number of hydrogen-bond acceptors (Lipinski definition) is 56. The molecule has 1 unspecified atom stereocenters. The molecule has 14 bridgehead atoms. The number of methoxy groups -OCH3 is 14. The van der Waals surface area contributed by atoms with Gasteiger partial charge in [0.25, 0.3) is 0 Å². The maximum Gasteiger partial charge on any atom is 1.00 e. The van der Waals surface area contributed by atoms with Crippen LogP contribution >= 0.6 is 0 Å². The van der Waals surface area contributed by atoms with Gasteiger partial charge < -0.3 is 165 Å². The summed E-state index contributed by atoms with van der Waals surface area (Å²) < 4.78 is 466. The van der Waals surface area contributed by atoms with Gasteiger partial charge in [-0.2, -0.15) is 0 Å². The average Bonchev–Trinajstić information content (AvgIpc) is 0.774. The Bertz CT molecular complexity index is 3320. The maximum absolute atomic E-state index is 12.4. The Morgan fingerprint density at radius 1 is 0.167 bits per heavy atom. The van der Waals surface area contributed by atoms with E-state index in [1.165, 1.54) is 0 Å². The zero-order valence-corrected chi connectivity index (χ0v) is 91.6. The molecule has 21 aliphatic heterocycles. The van der Waals surface area contributed by atoms with E-state index in [9.17, 15) is 90.8 Å². The summed E-state index contributed by atoms with van der Waals surface area (Å²) in [5.41, 5.74) is 0. The number of hydrogen-bond donors (Lipinski definition) is 0. The van der Waals surface area contributed by atoms with Gasteiger partial charge in [0.2, 0.25) is 72.8 Å². The fourth-order valence-corrected chi connectivity index (χ4v) is 16.9. The van der Waals surface area contributed by atoms with Gasteiger partial charge in [-0.05, 0) is 0 Å². The second kappa shape index (κ2) is 57.5. The van der Waals surface area contributed by atoms with Gasteiger partial charge in [-0.15, -0.1) is 0 Å². The van der Waals surface area contributed by atoms with E-state index in [0.717, 1.165) is 99.5 Å². The standard InChI is InChI=1S/C56H98O56S7.7Na/c1-78-36-29-22(15-92-113(57,58)59)99-50(43(36)85-8)107-30-23(16-93-114(60,61)62)101-52(45(87-10)37(30)79-2)109-32-25(18-95-116(66,67)68)103-54(47(89-12)39(32)81-4)111-34-27(20-97-118(72,73)74)105-56(49(91-14)41(34)83-6)112-35-28(21-98-119(75,76)77)104-55(48(90-13)42(35)84-7)110-33-26(19-96-117(69,70)71)102-53(46(88-11)40(33)82-5)108-31-24(17-94-115(63,64)65)100-51(106-29)44(86-9)38(31)80-3;;;;;;;/h22-56H,15-21H2,1-14H3,(H,57,58,59)(H,60,61,62)(H,63,64,65)(H,66,67,68)(H,69,70,71)(H,72,73,74)(H,75,76,77);;;;;;;/q;7*+1/p-7/t22-,23-,24-,25-,26+,27+,28+,29+,30+,31+,32+,33+,34+,35+,36-,37-,38-,39-,40-,41+,42+,43+,44-,45+,46+,47+,48-,49-,50+,51+,52+,53?,54+,55+,56+;;;;;;;/m1......./s1. The monoisotopic (exact) mass is 2040 g/mol. The second-order valence-electron chi connectivity index (χ2n) is 26.2. The molecule has 21 fully saturated rings. The molecule has 0 amide bonds. The van der Waals surface area contributed by atoms with Gasteiger partial charge in [0.05, 0.1) is 46.2 Å². The van der Waals surface area contributed by atoms with Crippen molar-refractivity contribution in [3.8, 4) is 0 Å². The fraction of sp³-hybridized carbons (Fsp3) is 1.00. The first-order valence-electron chi connectivity index (χ1n) is 34.5. The van der Waals surface area contributed by atoms with Gasteiger partial charge in [-0.1, -0.05) is 0 Å². The van der Waals surface area contributed by atoms with Gasteiger partial charge in [0, 0.05) is 99.5 Å². The molecule has 35 atom stereocenters. The van der Waals surface area contributed by atoms with Gasteiger partial charge in [-0.25, -0.2) is 58.9 Å². The van der Waals surface area contributed by atoms with Crippen LogP contribution in [0.5, 0.6) is 0 Å². The van der Waals surface area contributed by atoms with E-state index in [1.54, 1.807) is 0 Å². The molecule has 0 radical (unpaired) electrons. The van der Waals surface area contributed by atoms with Gasteiger partial charge in [-0.3, -0.25) is 29.3 Å². The van der Waals surface area contributed by atoms with E-state index in [1.807, 2.05) is 0 Å². The van der Waals surface area contributed by atoms with Gasteiger partial charge in [0.15, 0.2) is 44.0 Å². The zero-order valence-electron chi connectivity index (χ0n) is 71.9. The predicted octanol–water partition coefficient (Wildman–Crippen LogP) is -30.7. The van der Waals surface area contributed by atoms with Crippen molar-refractivity contribution in [1.29, 1.82) is 0 Å². The average molecular weight is 2050 g/mol. The molecule has 126 heavy (non-hydrogen) atoms. The van der Waals surface area contributed by atoms with Crippen LogP contribution in [0.3, 0.4) is 0 Å². The Morgan fingerprint density at radius 3 is 0.325 bits per heavy atom. The first-order chi connectivity index (χ1) is 55.7. The quantitative estimate of drug-likeness (QED) is 0.0323. The van der Waals surface area contributed by atoms with Crippen LogP contribution in [0.4, 0.5) is 0 Å². The van der Waals surface area contributed by atoms with E-state index >= 15 is 0 Å². The summed E-state index contributed by atoms with van der Waals surface area (Å²) in [4.78, 5) is 0. The maximum atomic E-state index is 12.4. The summed E-state index contributed by atoms with van der Waals surface area (Å²) in [5, 5.41) is 0. The first kappa shape index (κ1) is 129. The molecule has 0 aromatic rings. The molecule has 0 N–H and O–H groups in total. The largest absolute Gasteiger partial charge is 1.00 e. The summed E-state index contributed by atoms with van der Waals surface area (Å²) in [6.07, 6.45) is -68.5. The molecule has 21 saturated heterocycles. The molecule has 21 heterocycles. The van der Waals surface area contributed by atoms with E-state index < -0.39 is 334 Å². The smallest absolute Gasteiger partial charge is 0.726 e. The minimum absolute atomic E-state index is 0. The summed E-state index contributed by atoms with van der Waals surface area (Å²) >= 11 is 0. The third-order valence-corrected chi connectivity index (χ3v) is 22.6. The van der Waals surface area contributed by atoms with Crippen molar-refractivity contribution in [2.24, 2.45) is 0 Å². The van der Waals surface area contributed by atoms with E-state index in [4.69, 9.17) is 162 Å². The fourth-order valence-electron chi connectivity index (χ4n) is 14.8. The molecule has 21 aliphatic rings. The summed E-state index contributed by atoms with van der Waals surface area (Å²) in [6, 6.07) is 0. The van der Waals surface area contributed by atoms with E-state index in [0.29, 0.717) is 0 Å². The predicted molar refractivity (Wildman–Crippen MR) is 355 cm³/mol. The topological polar surface area (TPSA) is 723 Å². The molecular formula is C56H91Na7O56S7. The Hall–Kier alpha value is 4.97. The van der Waals surface area contributed by atoms with Crippen molar-refractivity contribution in [3.63, 3.8) is 0 Å². The van der Waals surface area contributed by atoms with Crippen molar-refractivity contribution in [2.75, 3.05) is 146 Å². The summed E-state index contributed by atoms with van der Waals surface area (Å²) in [5.74, 6) is 0. The Labute approximate surface area is 881 Å². The number of ether oxygens (including phenoxy) is 28. The normalized spacial score (nSPS) is 38.7. The molecule has 70 heteroatoms. The molecule has 0 saturated carbocycles. The first-order valence-corrected chi connectivity index (χ1v) is 43.8. The van der Waals surface area contributed by atoms with Crippen LogP contribution in [-0.4, -0.2) is 452 Å². The molecule has 700 valence electrons. The van der Waals surface area contributed by atoms with Gasteiger partial charge >= 0.3 is 207 Å². The van der Waals surface area contributed by atoms with Crippen LogP contribution in [0.15, 0.2) is 0 Å². The molecule has 0 spiro atoms. The molecule has 0 aliphatic carbocycles. The van der Waals surface area contributed by atoms with Crippen molar-refractivity contribution in [1.82, 2.24) is 0 Å². The summed E-state index contributed by atoms with van der Waals surface area (Å²) in [7, 11) is -26.3. The Morgan fingerprint density at radius 2 is 0.254 bits per heavy atom. The molecule has 0 aromatic heterocycles. The number of rotatable bonds is 35. The van der Waals surface area contributed by atoms with Crippen molar-refractivity contribution < 1.29 is 460 Å². The van der Waals surface area contributed by atoms with Crippen molar-refractivity contribution in [3.05, 3.63) is 0 Å². The third kappa shape index (κ3) is 35.8. The molecule has 0 aromatic carbocycles. The van der Waals surface area contributed by atoms with Crippen LogP contribution in [0, 0.1) is 0 Å². The summed E-state index contributed by atoms with van der Waals surface area (Å²) in [6.45, 7) is -9.72. The molecule has 21 rings (SSSR count). The van der Waals surface area contributed by atoms with Crippen LogP contribution in [0.25, 0.3) is 0 Å². The van der Waals surface area contributed by atoms with Crippen molar-refractivity contribution in [2.45, 2.75) is 215 Å². The minimum atomic E-state index is -5.77. The Kier molecular flexibility index (Phi) is 58.8. The SMILES string of the molecule is CO[C@@H]1[C@H]2OC3O[C@@H](COS(=O)(=O)[O-])[C@H](O[C@@H]4O[C@@H](COS(=O)(=O)[O-])[C@H](O[C@@H]5O[C@@H](COS(=O)(=O)[O-])[C@H](O[C@@H]6O[C@H](COS(=O)(=O)[O-])[C@H](O[C@@H]7O[C@H](COS(=O)(=O)[O-])[C@H](O[C@@H]8O[C@H](COS(=O)(=O)[O-])[C@H](O[C@H](O[C@@H]2COS(=O)(=O)[O-])[C@@H]1OC)[C@@H](OC)[C@@H]8OC)[C@@H](OC)[C@@H]7OC)[C@@H](OC)[C@@H]6OC)[C@H](OC)[C@H]5OC)[C@H](OC)[C@H]4OC)[C@@H](OC)[C@@H]3OC.[Na+].[Na+].[Na+].[Na+].[Na+].[Na+].[Na+]. The van der Waals surface area contributed by atoms with Crippen LogP contribution < -0.4 is 207 Å². The minimum Gasteiger partial charge on any atom is -0.726 e. The third-order valence-electron chi connectivity index (χ3n) is 19.6. The second-order valence-corrected chi connectivity index (χ2v) is 33.5. The van der Waals surface area contributed by atoms with Gasteiger partial charge in [0.1, 0.15) is 171 Å².